The Hall–Kier alpha value is -6.26. The minimum absolute atomic E-state index is 1.15. The summed E-state index contributed by atoms with van der Waals surface area (Å²) >= 11 is 3.78. The number of rotatable bonds is 5. The largest absolute Gasteiger partial charge is 0.316 e. The smallest absolute Gasteiger partial charge is 0.0535 e. The minimum Gasteiger partial charge on any atom is -0.316 e. The average molecular weight is 710 g/mol. The van der Waals surface area contributed by atoms with E-state index < -0.39 is 0 Å². The molecule has 0 saturated carbocycles. The average Bonchev–Trinajstić information content (AvgIpc) is 3.93. The van der Waals surface area contributed by atoms with Gasteiger partial charge in [0, 0.05) is 63.2 Å². The van der Waals surface area contributed by atoms with Crippen molar-refractivity contribution in [3.63, 3.8) is 0 Å². The molecular formula is C50H31NS2. The topological polar surface area (TPSA) is 4.93 Å². The Kier molecular flexibility index (Phi) is 6.97. The third-order valence-electron chi connectivity index (χ3n) is 10.6. The molecule has 1 nitrogen and oxygen atoms in total. The molecule has 3 aromatic heterocycles. The van der Waals surface area contributed by atoms with Gasteiger partial charge in [-0.25, -0.2) is 0 Å². The van der Waals surface area contributed by atoms with Crippen molar-refractivity contribution in [1.82, 2.24) is 4.57 Å². The van der Waals surface area contributed by atoms with Gasteiger partial charge in [-0.2, -0.15) is 0 Å². The lowest BCUT2D eigenvalue weighted by Gasteiger charge is -2.14. The molecule has 3 heteroatoms. The van der Waals surface area contributed by atoms with Gasteiger partial charge in [0.2, 0.25) is 0 Å². The molecule has 53 heavy (non-hydrogen) atoms. The van der Waals surface area contributed by atoms with Crippen LogP contribution >= 0.6 is 22.7 Å². The molecule has 0 atom stereocenters. The Bertz CT molecular complexity index is 3030. The van der Waals surface area contributed by atoms with E-state index >= 15 is 0 Å². The van der Waals surface area contributed by atoms with Crippen molar-refractivity contribution in [3.8, 4) is 50.2 Å². The van der Waals surface area contributed by atoms with E-state index in [1.54, 1.807) is 0 Å². The summed E-state index contributed by atoms with van der Waals surface area (Å²) in [4.78, 5) is 0. The Balaban J connectivity index is 1.20. The maximum absolute atomic E-state index is 2.42. The van der Waals surface area contributed by atoms with E-state index in [0.29, 0.717) is 0 Å². The molecule has 8 aromatic carbocycles. The summed E-state index contributed by atoms with van der Waals surface area (Å²) in [6.07, 6.45) is 2.34. The van der Waals surface area contributed by atoms with Gasteiger partial charge < -0.3 is 4.57 Å². The van der Waals surface area contributed by atoms with Crippen LogP contribution in [0.2, 0.25) is 0 Å². The summed E-state index contributed by atoms with van der Waals surface area (Å²) < 4.78 is 7.70. The predicted octanol–water partition coefficient (Wildman–Crippen LogP) is 15.0. The van der Waals surface area contributed by atoms with Crippen LogP contribution in [0.25, 0.3) is 101 Å². The third-order valence-corrected chi connectivity index (χ3v) is 13.1. The van der Waals surface area contributed by atoms with E-state index in [0.717, 1.165) is 5.69 Å². The van der Waals surface area contributed by atoms with Gasteiger partial charge in [0.25, 0.3) is 0 Å². The van der Waals surface area contributed by atoms with Crippen LogP contribution in [0, 0.1) is 0 Å². The van der Waals surface area contributed by atoms with Crippen LogP contribution in [0.3, 0.4) is 0 Å². The first-order valence-corrected chi connectivity index (χ1v) is 19.6. The highest BCUT2D eigenvalue weighted by molar-refractivity contribution is 7.26. The molecule has 0 fully saturated rings. The van der Waals surface area contributed by atoms with Crippen molar-refractivity contribution in [2.75, 3.05) is 0 Å². The zero-order valence-corrected chi connectivity index (χ0v) is 30.3. The van der Waals surface area contributed by atoms with Crippen LogP contribution in [-0.4, -0.2) is 4.57 Å². The van der Waals surface area contributed by atoms with Gasteiger partial charge in [-0.3, -0.25) is 0 Å². The lowest BCUT2D eigenvalue weighted by molar-refractivity contribution is 1.13. The highest BCUT2D eigenvalue weighted by Gasteiger charge is 2.18. The second-order valence-corrected chi connectivity index (χ2v) is 15.8. The Labute approximate surface area is 315 Å². The van der Waals surface area contributed by atoms with E-state index in [2.05, 4.69) is 193 Å². The number of benzene rings is 8. The van der Waals surface area contributed by atoms with Crippen LogP contribution in [0.15, 0.2) is 188 Å². The third kappa shape index (κ3) is 4.97. The van der Waals surface area contributed by atoms with Crippen molar-refractivity contribution in [3.05, 3.63) is 188 Å². The molecule has 0 aliphatic carbocycles. The van der Waals surface area contributed by atoms with E-state index in [1.807, 2.05) is 22.7 Å². The molecule has 0 N–H and O–H groups in total. The molecule has 11 aromatic rings. The van der Waals surface area contributed by atoms with Crippen molar-refractivity contribution in [2.24, 2.45) is 0 Å². The monoisotopic (exact) mass is 709 g/mol. The summed E-state index contributed by atoms with van der Waals surface area (Å²) in [5, 5.41) is 6.50. The number of hydrogen-bond donors (Lipinski definition) is 0. The van der Waals surface area contributed by atoms with E-state index in [1.165, 1.54) is 95.8 Å². The fraction of sp³-hybridized carbons (Fsp3) is 0. The Morgan fingerprint density at radius 3 is 1.45 bits per heavy atom. The molecule has 248 valence electrons. The molecule has 0 spiro atoms. The van der Waals surface area contributed by atoms with Gasteiger partial charge in [-0.05, 0) is 81.4 Å². The molecule has 0 saturated heterocycles. The normalized spacial score (nSPS) is 11.8. The number of fused-ring (bicyclic) bond motifs is 7. The van der Waals surface area contributed by atoms with Crippen molar-refractivity contribution in [2.45, 2.75) is 0 Å². The molecule has 0 aliphatic rings. The van der Waals surface area contributed by atoms with E-state index in [4.69, 9.17) is 0 Å². The second kappa shape index (κ2) is 12.2. The Morgan fingerprint density at radius 2 is 0.849 bits per heavy atom. The van der Waals surface area contributed by atoms with Gasteiger partial charge in [0.1, 0.15) is 0 Å². The minimum atomic E-state index is 1.15. The lowest BCUT2D eigenvalue weighted by Crippen LogP contribution is -1.95. The SMILES string of the molecule is c1ccc(-c2ccc3c(c2)c(-c2ccccc2)cn3-c2cc(-c3cccc4c3sc3ccccc34)cc(-c3cccc4c3sc3ccccc34)c2)cc1. The summed E-state index contributed by atoms with van der Waals surface area (Å²) in [7, 11) is 0. The van der Waals surface area contributed by atoms with Crippen LogP contribution in [0.5, 0.6) is 0 Å². The molecule has 0 aliphatic heterocycles. The summed E-state index contributed by atoms with van der Waals surface area (Å²) in [6, 6.07) is 66.8. The number of nitrogens with zero attached hydrogens (tertiary/aromatic N) is 1. The summed E-state index contributed by atoms with van der Waals surface area (Å²) in [6.45, 7) is 0. The molecular weight excluding hydrogens is 679 g/mol. The van der Waals surface area contributed by atoms with Gasteiger partial charge in [0.15, 0.2) is 0 Å². The standard InChI is InChI=1S/C50H31NS2/c1-3-13-32(14-4-1)34-25-26-46-44(30-34)45(33-15-5-2-6-16-33)31-51(46)37-28-35(38-19-11-21-42-40-17-7-9-23-47(40)52-49(38)42)27-36(29-37)39-20-12-22-43-41-18-8-10-24-48(41)53-50(39)43/h1-31H. The first-order chi connectivity index (χ1) is 26.3. The number of hydrogen-bond acceptors (Lipinski definition) is 2. The first kappa shape index (κ1) is 30.4. The van der Waals surface area contributed by atoms with Crippen molar-refractivity contribution in [1.29, 1.82) is 0 Å². The van der Waals surface area contributed by atoms with Gasteiger partial charge in [-0.15, -0.1) is 22.7 Å². The van der Waals surface area contributed by atoms with Crippen LogP contribution in [-0.2, 0) is 0 Å². The van der Waals surface area contributed by atoms with Crippen LogP contribution in [0.1, 0.15) is 0 Å². The molecule has 3 heterocycles. The van der Waals surface area contributed by atoms with Gasteiger partial charge in [-0.1, -0.05) is 140 Å². The summed E-state index contributed by atoms with van der Waals surface area (Å²) in [5.41, 5.74) is 12.2. The van der Waals surface area contributed by atoms with Gasteiger partial charge >= 0.3 is 0 Å². The van der Waals surface area contributed by atoms with E-state index in [-0.39, 0.29) is 0 Å². The maximum Gasteiger partial charge on any atom is 0.0535 e. The zero-order chi connectivity index (χ0) is 34.9. The van der Waals surface area contributed by atoms with Crippen molar-refractivity contribution < 1.29 is 0 Å². The Morgan fingerprint density at radius 1 is 0.321 bits per heavy atom. The lowest BCUT2D eigenvalue weighted by atomic mass is 9.96. The summed E-state index contributed by atoms with van der Waals surface area (Å²) in [5.74, 6) is 0. The van der Waals surface area contributed by atoms with Crippen LogP contribution < -0.4 is 0 Å². The fourth-order valence-electron chi connectivity index (χ4n) is 8.11. The number of aromatic nitrogens is 1. The highest BCUT2D eigenvalue weighted by atomic mass is 32.1. The predicted molar refractivity (Wildman–Crippen MR) is 231 cm³/mol. The second-order valence-electron chi connectivity index (χ2n) is 13.7. The quantitative estimate of drug-likeness (QED) is 0.168. The maximum atomic E-state index is 2.42. The van der Waals surface area contributed by atoms with Crippen LogP contribution in [0.4, 0.5) is 0 Å². The number of thiophene rings is 2. The molecule has 0 radical (unpaired) electrons. The van der Waals surface area contributed by atoms with Gasteiger partial charge in [0.05, 0.1) is 5.52 Å². The molecule has 11 rings (SSSR count). The first-order valence-electron chi connectivity index (χ1n) is 18.0. The van der Waals surface area contributed by atoms with E-state index in [9.17, 15) is 0 Å². The molecule has 0 bridgehead atoms. The molecule has 0 amide bonds. The van der Waals surface area contributed by atoms with Crippen molar-refractivity contribution >= 4 is 73.9 Å². The highest BCUT2D eigenvalue weighted by Crippen LogP contribution is 2.45. The molecule has 0 unspecified atom stereocenters. The fourth-order valence-corrected chi connectivity index (χ4v) is 10.6. The zero-order valence-electron chi connectivity index (χ0n) is 28.7.